The fourth-order valence-electron chi connectivity index (χ4n) is 4.28. The average molecular weight is 387 g/mol. The second kappa shape index (κ2) is 7.12. The minimum Gasteiger partial charge on any atom is -0.372 e. The van der Waals surface area contributed by atoms with Crippen molar-refractivity contribution in [1.82, 2.24) is 14.8 Å². The number of ether oxygens (including phenoxy) is 1. The van der Waals surface area contributed by atoms with Gasteiger partial charge in [0.05, 0.1) is 30.7 Å². The molecule has 148 valence electrons. The van der Waals surface area contributed by atoms with Crippen molar-refractivity contribution in [2.24, 2.45) is 12.0 Å². The number of pyridine rings is 1. The van der Waals surface area contributed by atoms with Gasteiger partial charge in [-0.1, -0.05) is 12.1 Å². The van der Waals surface area contributed by atoms with Crippen LogP contribution in [0.25, 0.3) is 11.1 Å². The van der Waals surface area contributed by atoms with Gasteiger partial charge in [0.25, 0.3) is 0 Å². The quantitative estimate of drug-likeness (QED) is 0.691. The molecule has 1 aromatic carbocycles. The molecule has 1 saturated heterocycles. The van der Waals surface area contributed by atoms with Gasteiger partial charge in [0.15, 0.2) is 0 Å². The first-order valence-electron chi connectivity index (χ1n) is 10.1. The van der Waals surface area contributed by atoms with Crippen LogP contribution in [0.3, 0.4) is 0 Å². The van der Waals surface area contributed by atoms with Gasteiger partial charge < -0.3 is 9.64 Å². The Bertz CT molecular complexity index is 1080. The fourth-order valence-corrected chi connectivity index (χ4v) is 4.28. The van der Waals surface area contributed by atoms with Gasteiger partial charge in [-0.05, 0) is 43.2 Å². The van der Waals surface area contributed by atoms with Crippen LogP contribution in [0.15, 0.2) is 53.9 Å². The van der Waals surface area contributed by atoms with E-state index in [-0.39, 0.29) is 12.2 Å². The molecule has 0 saturated carbocycles. The molecule has 2 atom stereocenters. The first kappa shape index (κ1) is 18.1. The zero-order chi connectivity index (χ0) is 20.0. The number of nitrogens with zero attached hydrogens (tertiary/aromatic N) is 5. The van der Waals surface area contributed by atoms with Crippen molar-refractivity contribution in [1.29, 1.82) is 0 Å². The third kappa shape index (κ3) is 3.44. The molecule has 0 amide bonds. The lowest BCUT2D eigenvalue weighted by molar-refractivity contribution is -0.00545. The Morgan fingerprint density at radius 1 is 1.00 bits per heavy atom. The Morgan fingerprint density at radius 2 is 1.83 bits per heavy atom. The van der Waals surface area contributed by atoms with E-state index in [4.69, 9.17) is 9.73 Å². The van der Waals surface area contributed by atoms with Crippen molar-refractivity contribution in [3.05, 3.63) is 65.6 Å². The zero-order valence-electron chi connectivity index (χ0n) is 17.0. The molecule has 0 radical (unpaired) electrons. The van der Waals surface area contributed by atoms with Crippen LogP contribution in [-0.2, 0) is 18.3 Å². The van der Waals surface area contributed by atoms with Crippen LogP contribution in [-0.4, -0.2) is 45.8 Å². The van der Waals surface area contributed by atoms with Crippen LogP contribution in [0.4, 0.5) is 5.82 Å². The van der Waals surface area contributed by atoms with Crippen molar-refractivity contribution >= 4 is 11.5 Å². The summed E-state index contributed by atoms with van der Waals surface area (Å²) in [6.07, 6.45) is 6.24. The highest BCUT2D eigenvalue weighted by Gasteiger charge is 2.24. The van der Waals surface area contributed by atoms with E-state index < -0.39 is 0 Å². The Kier molecular flexibility index (Phi) is 4.43. The van der Waals surface area contributed by atoms with Crippen LogP contribution >= 0.6 is 0 Å². The maximum atomic E-state index is 5.87. The number of anilines is 1. The summed E-state index contributed by atoms with van der Waals surface area (Å²) in [6, 6.07) is 10.8. The maximum absolute atomic E-state index is 5.87. The Balaban J connectivity index is 1.48. The van der Waals surface area contributed by atoms with Crippen LogP contribution in [0, 0.1) is 0 Å². The fraction of sp³-hybridized carbons (Fsp3) is 0.348. The smallest absolute Gasteiger partial charge is 0.129 e. The molecule has 6 heteroatoms. The predicted molar refractivity (Wildman–Crippen MR) is 114 cm³/mol. The molecular weight excluding hydrogens is 362 g/mol. The first-order chi connectivity index (χ1) is 14.1. The Hall–Kier alpha value is -2.99. The van der Waals surface area contributed by atoms with Crippen LogP contribution in [0.1, 0.15) is 30.5 Å². The first-order valence-corrected chi connectivity index (χ1v) is 10.1. The standard InChI is InChI=1S/C23H25N5O/c1-15-12-28(13-16(2)29-15)22-9-18(6-7-24-22)23-21-8-17(4-5-19(21)10-25-23)20-11-26-27(3)14-20/h4-9,11,14-16H,10,12-13H2,1-3H3/t15-,16+. The lowest BCUT2D eigenvalue weighted by Gasteiger charge is -2.36. The van der Waals surface area contributed by atoms with Crippen molar-refractivity contribution in [2.45, 2.75) is 32.6 Å². The predicted octanol–water partition coefficient (Wildman–Crippen LogP) is 3.45. The van der Waals surface area contributed by atoms with Gasteiger partial charge in [-0.3, -0.25) is 9.67 Å². The third-order valence-electron chi connectivity index (χ3n) is 5.57. The number of hydrogen-bond acceptors (Lipinski definition) is 5. The average Bonchev–Trinajstić information content (AvgIpc) is 3.33. The molecule has 4 heterocycles. The summed E-state index contributed by atoms with van der Waals surface area (Å²) in [6.45, 7) is 6.67. The minimum atomic E-state index is 0.204. The van der Waals surface area contributed by atoms with E-state index in [9.17, 15) is 0 Å². The van der Waals surface area contributed by atoms with Gasteiger partial charge in [0, 0.05) is 49.2 Å². The van der Waals surface area contributed by atoms with Gasteiger partial charge in [-0.25, -0.2) is 4.98 Å². The topological polar surface area (TPSA) is 55.5 Å². The van der Waals surface area contributed by atoms with Crippen molar-refractivity contribution in [3.8, 4) is 11.1 Å². The minimum absolute atomic E-state index is 0.204. The van der Waals surface area contributed by atoms with Gasteiger partial charge in [0.1, 0.15) is 5.82 Å². The Morgan fingerprint density at radius 3 is 2.59 bits per heavy atom. The van der Waals surface area contributed by atoms with E-state index in [0.29, 0.717) is 0 Å². The van der Waals surface area contributed by atoms with E-state index in [1.54, 1.807) is 0 Å². The normalized spacial score (nSPS) is 21.2. The lowest BCUT2D eigenvalue weighted by Crippen LogP contribution is -2.45. The van der Waals surface area contributed by atoms with Crippen molar-refractivity contribution in [3.63, 3.8) is 0 Å². The summed E-state index contributed by atoms with van der Waals surface area (Å²) in [4.78, 5) is 11.8. The van der Waals surface area contributed by atoms with E-state index >= 15 is 0 Å². The molecule has 2 aromatic heterocycles. The lowest BCUT2D eigenvalue weighted by atomic mass is 9.96. The molecule has 0 aliphatic carbocycles. The van der Waals surface area contributed by atoms with Crippen molar-refractivity contribution in [2.75, 3.05) is 18.0 Å². The zero-order valence-corrected chi connectivity index (χ0v) is 17.0. The second-order valence-corrected chi connectivity index (χ2v) is 8.00. The summed E-state index contributed by atoms with van der Waals surface area (Å²) in [5.41, 5.74) is 6.91. The van der Waals surface area contributed by atoms with Gasteiger partial charge >= 0.3 is 0 Å². The summed E-state index contributed by atoms with van der Waals surface area (Å²) in [5.74, 6) is 0.990. The molecule has 29 heavy (non-hydrogen) atoms. The molecule has 0 spiro atoms. The van der Waals surface area contributed by atoms with Crippen LogP contribution in [0.2, 0.25) is 0 Å². The van der Waals surface area contributed by atoms with Gasteiger partial charge in [-0.15, -0.1) is 0 Å². The highest BCUT2D eigenvalue weighted by atomic mass is 16.5. The highest BCUT2D eigenvalue weighted by molar-refractivity contribution is 6.15. The third-order valence-corrected chi connectivity index (χ3v) is 5.57. The van der Waals surface area contributed by atoms with Crippen LogP contribution < -0.4 is 4.90 Å². The van der Waals surface area contributed by atoms with E-state index in [2.05, 4.69) is 59.2 Å². The molecule has 5 rings (SSSR count). The van der Waals surface area contributed by atoms with E-state index in [1.807, 2.05) is 30.3 Å². The number of aliphatic imine (C=N–C) groups is 1. The number of aryl methyl sites for hydroxylation is 1. The number of hydrogen-bond donors (Lipinski definition) is 0. The molecule has 0 unspecified atom stereocenters. The number of fused-ring (bicyclic) bond motifs is 1. The van der Waals surface area contributed by atoms with Gasteiger partial charge in [0.2, 0.25) is 0 Å². The largest absolute Gasteiger partial charge is 0.372 e. The van der Waals surface area contributed by atoms with E-state index in [0.717, 1.165) is 47.9 Å². The highest BCUT2D eigenvalue weighted by Crippen LogP contribution is 2.29. The number of aromatic nitrogens is 3. The number of benzene rings is 1. The maximum Gasteiger partial charge on any atom is 0.129 e. The van der Waals surface area contributed by atoms with E-state index in [1.165, 1.54) is 11.1 Å². The number of rotatable bonds is 3. The summed E-state index contributed by atoms with van der Waals surface area (Å²) < 4.78 is 7.70. The summed E-state index contributed by atoms with van der Waals surface area (Å²) in [7, 11) is 1.94. The van der Waals surface area contributed by atoms with Crippen molar-refractivity contribution < 1.29 is 4.74 Å². The van der Waals surface area contributed by atoms with Gasteiger partial charge in [-0.2, -0.15) is 5.10 Å². The molecule has 6 nitrogen and oxygen atoms in total. The molecule has 0 bridgehead atoms. The molecule has 0 N–H and O–H groups in total. The number of morpholine rings is 1. The molecule has 1 fully saturated rings. The molecule has 3 aromatic rings. The SMILES string of the molecule is C[C@@H]1CN(c2cc(C3=NCc4ccc(-c5cnn(C)c5)cc43)ccn2)C[C@H](C)O1. The Labute approximate surface area is 170 Å². The monoisotopic (exact) mass is 387 g/mol. The van der Waals surface area contributed by atoms with Crippen LogP contribution in [0.5, 0.6) is 0 Å². The molecular formula is C23H25N5O. The second-order valence-electron chi connectivity index (χ2n) is 8.00. The summed E-state index contributed by atoms with van der Waals surface area (Å²) in [5, 5.41) is 4.30. The summed E-state index contributed by atoms with van der Waals surface area (Å²) >= 11 is 0. The molecule has 2 aliphatic heterocycles. The molecule has 2 aliphatic rings.